The van der Waals surface area contributed by atoms with Crippen LogP contribution in [0.4, 0.5) is 0 Å². The fourth-order valence-corrected chi connectivity index (χ4v) is 2.24. The van der Waals surface area contributed by atoms with Gasteiger partial charge in [0.05, 0.1) is 28.4 Å². The molecule has 110 valence electrons. The Morgan fingerprint density at radius 1 is 1.33 bits per heavy atom. The molecule has 0 aliphatic rings. The molecule has 5 nitrogen and oxygen atoms in total. The third-order valence-electron chi connectivity index (χ3n) is 2.74. The number of rotatable bonds is 3. The van der Waals surface area contributed by atoms with E-state index in [0.717, 1.165) is 5.69 Å². The Morgan fingerprint density at radius 3 is 2.43 bits per heavy atom. The summed E-state index contributed by atoms with van der Waals surface area (Å²) < 4.78 is 4.76. The first kappa shape index (κ1) is 15.4. The number of nitrogens with one attached hydrogen (secondary N) is 1. The zero-order valence-electron chi connectivity index (χ0n) is 11.3. The maximum Gasteiger partial charge on any atom is 0.340 e. The number of aryl methyl sites for hydroxylation is 1. The van der Waals surface area contributed by atoms with E-state index < -0.39 is 5.97 Å². The fourth-order valence-electron chi connectivity index (χ4n) is 1.74. The summed E-state index contributed by atoms with van der Waals surface area (Å²) in [6.07, 6.45) is 1.54. The van der Waals surface area contributed by atoms with Crippen LogP contribution >= 0.6 is 23.2 Å². The summed E-state index contributed by atoms with van der Waals surface area (Å²) >= 11 is 11.7. The predicted molar refractivity (Wildman–Crippen MR) is 81.3 cm³/mol. The van der Waals surface area contributed by atoms with Gasteiger partial charge in [-0.2, -0.15) is 5.10 Å². The van der Waals surface area contributed by atoms with Crippen molar-refractivity contribution in [1.82, 2.24) is 10.2 Å². The SMILES string of the molecule is COC(=O)C(=Cc1cc(Cl)c(O)c(Cl)c1)c1cc(C)[nH]n1. The number of ether oxygens (including phenoxy) is 1. The van der Waals surface area contributed by atoms with Gasteiger partial charge in [-0.05, 0) is 36.8 Å². The molecule has 2 N–H and O–H groups in total. The Morgan fingerprint density at radius 2 is 1.95 bits per heavy atom. The van der Waals surface area contributed by atoms with E-state index in [0.29, 0.717) is 11.3 Å². The first-order chi connectivity index (χ1) is 9.92. The highest BCUT2D eigenvalue weighted by Crippen LogP contribution is 2.34. The minimum absolute atomic E-state index is 0.0937. The van der Waals surface area contributed by atoms with Crippen LogP contribution in [0.5, 0.6) is 5.75 Å². The lowest BCUT2D eigenvalue weighted by molar-refractivity contribution is -0.133. The Balaban J connectivity index is 2.53. The number of benzene rings is 1. The predicted octanol–water partition coefficient (Wildman–Crippen LogP) is 3.44. The van der Waals surface area contributed by atoms with E-state index in [1.807, 2.05) is 6.92 Å². The van der Waals surface area contributed by atoms with E-state index in [9.17, 15) is 9.90 Å². The number of hydrogen-bond donors (Lipinski definition) is 2. The number of hydrogen-bond acceptors (Lipinski definition) is 4. The van der Waals surface area contributed by atoms with Crippen molar-refractivity contribution in [3.63, 3.8) is 0 Å². The van der Waals surface area contributed by atoms with Crippen LogP contribution < -0.4 is 0 Å². The summed E-state index contributed by atoms with van der Waals surface area (Å²) in [6, 6.07) is 4.70. The second-order valence-corrected chi connectivity index (χ2v) is 5.13. The topological polar surface area (TPSA) is 75.2 Å². The Bertz CT molecular complexity index is 700. The van der Waals surface area contributed by atoms with Gasteiger partial charge in [-0.15, -0.1) is 0 Å². The summed E-state index contributed by atoms with van der Waals surface area (Å²) in [4.78, 5) is 11.9. The van der Waals surface area contributed by atoms with Crippen molar-refractivity contribution in [2.45, 2.75) is 6.92 Å². The molecule has 0 aliphatic heterocycles. The molecule has 7 heteroatoms. The lowest BCUT2D eigenvalue weighted by Gasteiger charge is -2.05. The van der Waals surface area contributed by atoms with Crippen LogP contribution in [0.3, 0.4) is 0 Å². The number of methoxy groups -OCH3 is 1. The normalized spacial score (nSPS) is 11.5. The second-order valence-electron chi connectivity index (χ2n) is 4.32. The number of phenolic OH excluding ortho intramolecular Hbond substituents is 1. The molecular formula is C14H12Cl2N2O3. The molecule has 0 atom stereocenters. The van der Waals surface area contributed by atoms with Crippen molar-refractivity contribution in [2.24, 2.45) is 0 Å². The van der Waals surface area contributed by atoms with Gasteiger partial charge in [-0.25, -0.2) is 4.79 Å². The summed E-state index contributed by atoms with van der Waals surface area (Å²) in [5.74, 6) is -0.743. The molecular weight excluding hydrogens is 315 g/mol. The molecule has 1 aromatic heterocycles. The van der Waals surface area contributed by atoms with Gasteiger partial charge in [-0.3, -0.25) is 5.10 Å². The number of nitrogens with zero attached hydrogens (tertiary/aromatic N) is 1. The van der Waals surface area contributed by atoms with Crippen LogP contribution in [-0.4, -0.2) is 28.4 Å². The van der Waals surface area contributed by atoms with Crippen molar-refractivity contribution >= 4 is 40.8 Å². The molecule has 1 heterocycles. The quantitative estimate of drug-likeness (QED) is 0.669. The van der Waals surface area contributed by atoms with Crippen LogP contribution in [0.15, 0.2) is 18.2 Å². The van der Waals surface area contributed by atoms with Gasteiger partial charge in [0.25, 0.3) is 0 Å². The molecule has 1 aromatic carbocycles. The molecule has 0 saturated carbocycles. The molecule has 0 saturated heterocycles. The number of esters is 1. The molecule has 0 aliphatic carbocycles. The number of H-pyrrole nitrogens is 1. The van der Waals surface area contributed by atoms with Crippen LogP contribution in [0.25, 0.3) is 11.6 Å². The standard InChI is InChI=1S/C14H12Cl2N2O3/c1-7-3-12(18-17-7)9(14(20)21-2)4-8-5-10(15)13(19)11(16)6-8/h3-6,19H,1-2H3,(H,17,18). The number of phenols is 1. The third kappa shape index (κ3) is 3.37. The van der Waals surface area contributed by atoms with E-state index in [4.69, 9.17) is 27.9 Å². The largest absolute Gasteiger partial charge is 0.505 e. The average molecular weight is 327 g/mol. The molecule has 2 aromatic rings. The van der Waals surface area contributed by atoms with Crippen LogP contribution in [0.1, 0.15) is 17.0 Å². The Hall–Kier alpha value is -1.98. The summed E-state index contributed by atoms with van der Waals surface area (Å²) in [5, 5.41) is 16.5. The lowest BCUT2D eigenvalue weighted by atomic mass is 10.1. The van der Waals surface area contributed by atoms with Gasteiger partial charge in [0, 0.05) is 5.69 Å². The van der Waals surface area contributed by atoms with Crippen molar-refractivity contribution in [3.05, 3.63) is 45.2 Å². The van der Waals surface area contributed by atoms with Gasteiger partial charge in [0.2, 0.25) is 0 Å². The maximum atomic E-state index is 11.9. The van der Waals surface area contributed by atoms with Crippen molar-refractivity contribution in [3.8, 4) is 5.75 Å². The third-order valence-corrected chi connectivity index (χ3v) is 3.31. The van der Waals surface area contributed by atoms with Gasteiger partial charge in [0.15, 0.2) is 5.75 Å². The Kier molecular flexibility index (Phi) is 4.55. The summed E-state index contributed by atoms with van der Waals surface area (Å²) in [7, 11) is 1.28. The maximum absolute atomic E-state index is 11.9. The average Bonchev–Trinajstić information content (AvgIpc) is 2.87. The Labute approximate surface area is 131 Å². The number of aromatic hydroxyl groups is 1. The van der Waals surface area contributed by atoms with Crippen LogP contribution in [0.2, 0.25) is 10.0 Å². The van der Waals surface area contributed by atoms with Crippen molar-refractivity contribution in [2.75, 3.05) is 7.11 Å². The number of aromatic amines is 1. The van der Waals surface area contributed by atoms with Gasteiger partial charge < -0.3 is 9.84 Å². The van der Waals surface area contributed by atoms with E-state index in [-0.39, 0.29) is 21.4 Å². The monoisotopic (exact) mass is 326 g/mol. The smallest absolute Gasteiger partial charge is 0.340 e. The first-order valence-corrected chi connectivity index (χ1v) is 6.68. The molecule has 2 rings (SSSR count). The van der Waals surface area contributed by atoms with Crippen LogP contribution in [-0.2, 0) is 9.53 Å². The van der Waals surface area contributed by atoms with Gasteiger partial charge >= 0.3 is 5.97 Å². The molecule has 0 spiro atoms. The summed E-state index contributed by atoms with van der Waals surface area (Å²) in [6.45, 7) is 1.82. The van der Waals surface area contributed by atoms with Crippen molar-refractivity contribution < 1.29 is 14.6 Å². The highest BCUT2D eigenvalue weighted by Gasteiger charge is 2.16. The zero-order valence-corrected chi connectivity index (χ0v) is 12.8. The highest BCUT2D eigenvalue weighted by molar-refractivity contribution is 6.37. The highest BCUT2D eigenvalue weighted by atomic mass is 35.5. The van der Waals surface area contributed by atoms with Crippen LogP contribution in [0, 0.1) is 6.92 Å². The minimum atomic E-state index is -0.540. The number of carbonyl (C=O) groups excluding carboxylic acids is 1. The number of halogens is 2. The molecule has 0 radical (unpaired) electrons. The summed E-state index contributed by atoms with van der Waals surface area (Å²) in [5.41, 5.74) is 2.05. The number of aromatic nitrogens is 2. The van der Waals surface area contributed by atoms with Gasteiger partial charge in [-0.1, -0.05) is 23.2 Å². The minimum Gasteiger partial charge on any atom is -0.505 e. The molecule has 0 amide bonds. The van der Waals surface area contributed by atoms with E-state index in [1.165, 1.54) is 19.2 Å². The molecule has 0 bridgehead atoms. The van der Waals surface area contributed by atoms with E-state index >= 15 is 0 Å². The molecule has 0 unspecified atom stereocenters. The first-order valence-electron chi connectivity index (χ1n) is 5.92. The second kappa shape index (κ2) is 6.20. The van der Waals surface area contributed by atoms with Crippen molar-refractivity contribution in [1.29, 1.82) is 0 Å². The lowest BCUT2D eigenvalue weighted by Crippen LogP contribution is -2.04. The van der Waals surface area contributed by atoms with Gasteiger partial charge in [0.1, 0.15) is 0 Å². The van der Waals surface area contributed by atoms with E-state index in [1.54, 1.807) is 12.1 Å². The molecule has 21 heavy (non-hydrogen) atoms. The molecule has 0 fully saturated rings. The number of carbonyl (C=O) groups is 1. The zero-order chi connectivity index (χ0) is 15.6. The van der Waals surface area contributed by atoms with E-state index in [2.05, 4.69) is 10.2 Å². The fraction of sp³-hybridized carbons (Fsp3) is 0.143.